The number of anilines is 1. The smallest absolute Gasteiger partial charge is 0.312 e. The maximum atomic E-state index is 12.5. The van der Waals surface area contributed by atoms with Crippen molar-refractivity contribution in [2.24, 2.45) is 0 Å². The first-order chi connectivity index (χ1) is 11.4. The Balaban J connectivity index is 1.92. The minimum atomic E-state index is -0.562. The summed E-state index contributed by atoms with van der Waals surface area (Å²) in [6.45, 7) is 3.60. The van der Waals surface area contributed by atoms with Crippen LogP contribution in [0.4, 0.5) is 11.4 Å². The van der Waals surface area contributed by atoms with Crippen LogP contribution in [0, 0.1) is 24.0 Å². The van der Waals surface area contributed by atoms with Crippen molar-refractivity contribution in [2.75, 3.05) is 12.4 Å². The van der Waals surface area contributed by atoms with Gasteiger partial charge in [0, 0.05) is 17.4 Å². The predicted octanol–water partition coefficient (Wildman–Crippen LogP) is 2.58. The number of hydrogen-bond acceptors (Lipinski definition) is 7. The molecule has 3 rings (SSSR count). The number of carbonyl (C=O) groups excluding carboxylic acids is 1. The molecule has 0 spiro atoms. The molecule has 10 heteroatoms. The van der Waals surface area contributed by atoms with Gasteiger partial charge >= 0.3 is 5.69 Å². The molecule has 2 heterocycles. The molecule has 0 saturated heterocycles. The van der Waals surface area contributed by atoms with E-state index in [4.69, 9.17) is 4.74 Å². The van der Waals surface area contributed by atoms with E-state index in [1.165, 1.54) is 30.6 Å². The van der Waals surface area contributed by atoms with Crippen LogP contribution in [-0.2, 0) is 0 Å². The molecular formula is C14H13N5O4S. The summed E-state index contributed by atoms with van der Waals surface area (Å²) >= 11 is 1.21. The van der Waals surface area contributed by atoms with Gasteiger partial charge in [-0.1, -0.05) is 11.3 Å². The Hall–Kier alpha value is -3.01. The van der Waals surface area contributed by atoms with Crippen LogP contribution >= 0.6 is 11.3 Å². The van der Waals surface area contributed by atoms with Gasteiger partial charge in [-0.3, -0.25) is 19.3 Å². The van der Waals surface area contributed by atoms with Gasteiger partial charge in [-0.25, -0.2) is 0 Å². The summed E-state index contributed by atoms with van der Waals surface area (Å²) in [4.78, 5) is 24.1. The molecule has 3 aromatic rings. The first-order valence-electron chi connectivity index (χ1n) is 6.87. The number of nitrogens with one attached hydrogen (secondary N) is 1. The second-order valence-corrected chi connectivity index (χ2v) is 5.96. The molecule has 124 valence electrons. The van der Waals surface area contributed by atoms with E-state index in [-0.39, 0.29) is 17.3 Å². The number of aryl methyl sites for hydroxylation is 2. The van der Waals surface area contributed by atoms with Crippen LogP contribution in [0.1, 0.15) is 21.2 Å². The summed E-state index contributed by atoms with van der Waals surface area (Å²) in [5.74, 6) is 0.463. The van der Waals surface area contributed by atoms with Crippen LogP contribution in [0.5, 0.6) is 5.75 Å². The van der Waals surface area contributed by atoms with E-state index in [0.29, 0.717) is 21.3 Å². The van der Waals surface area contributed by atoms with E-state index in [1.54, 1.807) is 24.3 Å². The number of rotatable bonds is 4. The molecule has 9 nitrogen and oxygen atoms in total. The predicted molar refractivity (Wildman–Crippen MR) is 87.9 cm³/mol. The summed E-state index contributed by atoms with van der Waals surface area (Å²) in [5.41, 5.74) is 0.818. The Morgan fingerprint density at radius 1 is 1.38 bits per heavy atom. The summed E-state index contributed by atoms with van der Waals surface area (Å²) in [7, 11) is 1.35. The number of amides is 1. The van der Waals surface area contributed by atoms with Gasteiger partial charge in [0.15, 0.2) is 5.75 Å². The van der Waals surface area contributed by atoms with E-state index in [0.717, 1.165) is 5.69 Å². The monoisotopic (exact) mass is 347 g/mol. The van der Waals surface area contributed by atoms with Crippen LogP contribution in [0.15, 0.2) is 18.2 Å². The molecule has 1 aromatic carbocycles. The average molecular weight is 347 g/mol. The molecule has 0 aliphatic rings. The van der Waals surface area contributed by atoms with Crippen LogP contribution < -0.4 is 10.1 Å². The Morgan fingerprint density at radius 2 is 2.12 bits per heavy atom. The lowest BCUT2D eigenvalue weighted by molar-refractivity contribution is -0.385. The highest BCUT2D eigenvalue weighted by Crippen LogP contribution is 2.30. The Labute approximate surface area is 140 Å². The molecule has 0 bridgehead atoms. The number of aromatic nitrogens is 3. The van der Waals surface area contributed by atoms with Crippen LogP contribution in [0.2, 0.25) is 0 Å². The van der Waals surface area contributed by atoms with E-state index < -0.39 is 4.92 Å². The summed E-state index contributed by atoms with van der Waals surface area (Å²) < 4.78 is 6.73. The average Bonchev–Trinajstić information content (AvgIpc) is 3.08. The van der Waals surface area contributed by atoms with Crippen molar-refractivity contribution in [3.05, 3.63) is 44.7 Å². The van der Waals surface area contributed by atoms with Crippen molar-refractivity contribution in [1.82, 2.24) is 14.6 Å². The second-order valence-electron chi connectivity index (χ2n) is 4.98. The van der Waals surface area contributed by atoms with Crippen molar-refractivity contribution in [2.45, 2.75) is 13.8 Å². The lowest BCUT2D eigenvalue weighted by atomic mass is 10.2. The third-order valence-electron chi connectivity index (χ3n) is 3.49. The maximum Gasteiger partial charge on any atom is 0.312 e. The number of thiazole rings is 1. The minimum Gasteiger partial charge on any atom is -0.490 e. The topological polar surface area (TPSA) is 112 Å². The lowest BCUT2D eigenvalue weighted by Crippen LogP contribution is -2.12. The SMILES string of the molecule is COc1ccc(NC(=O)c2sc3nnc(C)n3c2C)cc1[N+](=O)[O-]. The molecule has 0 atom stereocenters. The molecule has 1 amide bonds. The molecular weight excluding hydrogens is 334 g/mol. The van der Waals surface area contributed by atoms with Crippen molar-refractivity contribution >= 4 is 33.6 Å². The number of methoxy groups -OCH3 is 1. The first-order valence-corrected chi connectivity index (χ1v) is 7.69. The fourth-order valence-electron chi connectivity index (χ4n) is 2.37. The number of hydrogen-bond donors (Lipinski definition) is 1. The number of benzene rings is 1. The molecule has 0 unspecified atom stereocenters. The van der Waals surface area contributed by atoms with Crippen LogP contribution in [-0.4, -0.2) is 32.5 Å². The fourth-order valence-corrected chi connectivity index (χ4v) is 3.38. The molecule has 0 aliphatic carbocycles. The van der Waals surface area contributed by atoms with Crippen LogP contribution in [0.3, 0.4) is 0 Å². The summed E-state index contributed by atoms with van der Waals surface area (Å²) in [5, 5.41) is 21.7. The molecule has 1 N–H and O–H groups in total. The standard InChI is InChI=1S/C14H13N5O4S/c1-7-12(24-14-17-16-8(2)18(7)14)13(20)15-9-4-5-11(23-3)10(6-9)19(21)22/h4-6H,1-3H3,(H,15,20). The number of nitro benzene ring substituents is 1. The molecule has 0 fully saturated rings. The van der Waals surface area contributed by atoms with Crippen molar-refractivity contribution in [3.8, 4) is 5.75 Å². The van der Waals surface area contributed by atoms with E-state index in [9.17, 15) is 14.9 Å². The van der Waals surface area contributed by atoms with Crippen molar-refractivity contribution in [3.63, 3.8) is 0 Å². The van der Waals surface area contributed by atoms with E-state index in [2.05, 4.69) is 15.5 Å². The molecule has 0 saturated carbocycles. The van der Waals surface area contributed by atoms with Gasteiger partial charge in [0.1, 0.15) is 10.7 Å². The zero-order chi connectivity index (χ0) is 17.4. The van der Waals surface area contributed by atoms with Crippen molar-refractivity contribution < 1.29 is 14.5 Å². The Kier molecular flexibility index (Phi) is 3.89. The normalized spacial score (nSPS) is 10.8. The number of nitrogens with zero attached hydrogens (tertiary/aromatic N) is 4. The van der Waals surface area contributed by atoms with Crippen LogP contribution in [0.25, 0.3) is 4.96 Å². The zero-order valence-electron chi connectivity index (χ0n) is 13.1. The minimum absolute atomic E-state index is 0.130. The van der Waals surface area contributed by atoms with Gasteiger partial charge in [0.05, 0.1) is 12.0 Å². The van der Waals surface area contributed by atoms with Gasteiger partial charge in [-0.05, 0) is 26.0 Å². The number of fused-ring (bicyclic) bond motifs is 1. The maximum absolute atomic E-state index is 12.5. The highest BCUT2D eigenvalue weighted by molar-refractivity contribution is 7.19. The fraction of sp³-hybridized carbons (Fsp3) is 0.214. The third-order valence-corrected chi connectivity index (χ3v) is 4.62. The Bertz CT molecular complexity index is 962. The number of carbonyl (C=O) groups is 1. The van der Waals surface area contributed by atoms with E-state index in [1.807, 2.05) is 0 Å². The number of ether oxygens (including phenoxy) is 1. The van der Waals surface area contributed by atoms with Gasteiger partial charge in [-0.15, -0.1) is 10.2 Å². The molecule has 2 aromatic heterocycles. The highest BCUT2D eigenvalue weighted by atomic mass is 32.1. The first kappa shape index (κ1) is 15.9. The summed E-state index contributed by atoms with van der Waals surface area (Å²) in [6, 6.07) is 4.25. The van der Waals surface area contributed by atoms with E-state index >= 15 is 0 Å². The highest BCUT2D eigenvalue weighted by Gasteiger charge is 2.20. The van der Waals surface area contributed by atoms with Gasteiger partial charge in [0.25, 0.3) is 5.91 Å². The van der Waals surface area contributed by atoms with Crippen molar-refractivity contribution in [1.29, 1.82) is 0 Å². The zero-order valence-corrected chi connectivity index (χ0v) is 13.9. The molecule has 24 heavy (non-hydrogen) atoms. The van der Waals surface area contributed by atoms with Gasteiger partial charge in [-0.2, -0.15) is 0 Å². The quantitative estimate of drug-likeness (QED) is 0.573. The third kappa shape index (κ3) is 2.56. The lowest BCUT2D eigenvalue weighted by Gasteiger charge is -2.06. The largest absolute Gasteiger partial charge is 0.490 e. The molecule has 0 aliphatic heterocycles. The molecule has 0 radical (unpaired) electrons. The second kappa shape index (κ2) is 5.89. The summed E-state index contributed by atoms with van der Waals surface area (Å²) in [6.07, 6.45) is 0. The Morgan fingerprint density at radius 3 is 2.75 bits per heavy atom. The van der Waals surface area contributed by atoms with Gasteiger partial charge < -0.3 is 10.1 Å². The number of nitro groups is 1. The van der Waals surface area contributed by atoms with Gasteiger partial charge in [0.2, 0.25) is 4.96 Å².